The highest BCUT2D eigenvalue weighted by atomic mass is 14.9. The predicted molar refractivity (Wildman–Crippen MR) is 67.2 cm³/mol. The van der Waals surface area contributed by atoms with Crippen molar-refractivity contribution in [1.82, 2.24) is 4.98 Å². The van der Waals surface area contributed by atoms with Gasteiger partial charge in [0.05, 0.1) is 11.4 Å². The van der Waals surface area contributed by atoms with Crippen molar-refractivity contribution in [2.45, 2.75) is 13.5 Å². The molecular formula is C13H15N3. The molecule has 0 unspecified atom stereocenters. The van der Waals surface area contributed by atoms with Crippen molar-refractivity contribution in [3.8, 4) is 0 Å². The van der Waals surface area contributed by atoms with Gasteiger partial charge >= 0.3 is 0 Å². The first kappa shape index (κ1) is 10.5. The molecule has 1 heterocycles. The Hall–Kier alpha value is -2.03. The molecule has 0 spiro atoms. The zero-order valence-electron chi connectivity index (χ0n) is 9.27. The molecule has 0 fully saturated rings. The highest BCUT2D eigenvalue weighted by Crippen LogP contribution is 2.18. The molecular weight excluding hydrogens is 198 g/mol. The number of nitrogens with zero attached hydrogens (tertiary/aromatic N) is 1. The minimum atomic E-state index is 0.766. The van der Waals surface area contributed by atoms with Gasteiger partial charge in [0, 0.05) is 18.9 Å². The molecule has 1 aromatic heterocycles. The molecule has 0 atom stereocenters. The number of benzene rings is 1. The molecule has 0 saturated carbocycles. The van der Waals surface area contributed by atoms with E-state index in [0.717, 1.165) is 17.9 Å². The van der Waals surface area contributed by atoms with E-state index < -0.39 is 0 Å². The van der Waals surface area contributed by atoms with Gasteiger partial charge in [-0.15, -0.1) is 0 Å². The number of nitrogens with one attached hydrogen (secondary N) is 1. The number of anilines is 2. The van der Waals surface area contributed by atoms with Gasteiger partial charge < -0.3 is 11.1 Å². The van der Waals surface area contributed by atoms with Gasteiger partial charge in [0.2, 0.25) is 0 Å². The Labute approximate surface area is 95.3 Å². The van der Waals surface area contributed by atoms with E-state index in [2.05, 4.69) is 17.2 Å². The molecule has 2 rings (SSSR count). The van der Waals surface area contributed by atoms with Crippen LogP contribution in [0.1, 0.15) is 11.1 Å². The molecule has 1 aromatic carbocycles. The molecule has 0 aliphatic carbocycles. The fourth-order valence-electron chi connectivity index (χ4n) is 1.55. The number of nitrogen functional groups attached to an aromatic ring is 1. The molecule has 82 valence electrons. The number of pyridine rings is 1. The van der Waals surface area contributed by atoms with Crippen molar-refractivity contribution in [2.24, 2.45) is 0 Å². The van der Waals surface area contributed by atoms with Crippen molar-refractivity contribution >= 4 is 11.4 Å². The molecule has 3 heteroatoms. The zero-order valence-corrected chi connectivity index (χ0v) is 9.27. The lowest BCUT2D eigenvalue weighted by atomic mass is 10.1. The van der Waals surface area contributed by atoms with Crippen molar-refractivity contribution in [1.29, 1.82) is 0 Å². The summed E-state index contributed by atoms with van der Waals surface area (Å²) in [6.45, 7) is 2.82. The number of rotatable bonds is 3. The average molecular weight is 213 g/mol. The maximum atomic E-state index is 5.85. The van der Waals surface area contributed by atoms with Gasteiger partial charge in [0.15, 0.2) is 0 Å². The Kier molecular flexibility index (Phi) is 3.05. The second kappa shape index (κ2) is 4.66. The summed E-state index contributed by atoms with van der Waals surface area (Å²) in [5.74, 6) is 0. The first-order chi connectivity index (χ1) is 7.77. The monoisotopic (exact) mass is 213 g/mol. The van der Waals surface area contributed by atoms with Gasteiger partial charge in [-0.25, -0.2) is 0 Å². The van der Waals surface area contributed by atoms with Crippen LogP contribution in [0.15, 0.2) is 42.7 Å². The van der Waals surface area contributed by atoms with Gasteiger partial charge in [0.1, 0.15) is 0 Å². The Morgan fingerprint density at radius 3 is 2.81 bits per heavy atom. The van der Waals surface area contributed by atoms with Crippen LogP contribution in [0.5, 0.6) is 0 Å². The Morgan fingerprint density at radius 1 is 1.25 bits per heavy atom. The van der Waals surface area contributed by atoms with Crippen molar-refractivity contribution in [3.05, 3.63) is 53.9 Å². The number of hydrogen-bond donors (Lipinski definition) is 2. The molecule has 0 amide bonds. The van der Waals surface area contributed by atoms with E-state index in [1.54, 1.807) is 6.20 Å². The van der Waals surface area contributed by atoms with Gasteiger partial charge in [-0.1, -0.05) is 12.1 Å². The number of para-hydroxylation sites is 2. The highest BCUT2D eigenvalue weighted by molar-refractivity contribution is 5.65. The van der Waals surface area contributed by atoms with E-state index in [4.69, 9.17) is 5.73 Å². The summed E-state index contributed by atoms with van der Waals surface area (Å²) < 4.78 is 0. The summed E-state index contributed by atoms with van der Waals surface area (Å²) in [5, 5.41) is 3.32. The van der Waals surface area contributed by atoms with Crippen LogP contribution in [-0.4, -0.2) is 4.98 Å². The van der Waals surface area contributed by atoms with Crippen molar-refractivity contribution < 1.29 is 0 Å². The van der Waals surface area contributed by atoms with Crippen LogP contribution in [0, 0.1) is 6.92 Å². The first-order valence-corrected chi connectivity index (χ1v) is 5.25. The first-order valence-electron chi connectivity index (χ1n) is 5.25. The van der Waals surface area contributed by atoms with Gasteiger partial charge in [-0.2, -0.15) is 0 Å². The number of nitrogens with two attached hydrogens (primary N) is 1. The van der Waals surface area contributed by atoms with Crippen LogP contribution >= 0.6 is 0 Å². The van der Waals surface area contributed by atoms with Crippen LogP contribution in [-0.2, 0) is 6.54 Å². The number of aromatic nitrogens is 1. The largest absolute Gasteiger partial charge is 0.397 e. The average Bonchev–Trinajstić information content (AvgIpc) is 2.30. The van der Waals surface area contributed by atoms with Crippen LogP contribution in [0.25, 0.3) is 0 Å². The van der Waals surface area contributed by atoms with Crippen LogP contribution in [0.3, 0.4) is 0 Å². The van der Waals surface area contributed by atoms with E-state index in [-0.39, 0.29) is 0 Å². The summed E-state index contributed by atoms with van der Waals surface area (Å²) in [4.78, 5) is 4.06. The fraction of sp³-hybridized carbons (Fsp3) is 0.154. The third-order valence-electron chi connectivity index (χ3n) is 2.57. The molecule has 16 heavy (non-hydrogen) atoms. The third kappa shape index (κ3) is 2.31. The maximum Gasteiger partial charge on any atom is 0.0576 e. The fourth-order valence-corrected chi connectivity index (χ4v) is 1.55. The number of aryl methyl sites for hydroxylation is 1. The van der Waals surface area contributed by atoms with Crippen LogP contribution in [0.2, 0.25) is 0 Å². The summed E-state index contributed by atoms with van der Waals surface area (Å²) >= 11 is 0. The third-order valence-corrected chi connectivity index (χ3v) is 2.57. The lowest BCUT2D eigenvalue weighted by Crippen LogP contribution is -2.03. The summed E-state index contributed by atoms with van der Waals surface area (Å²) in [5.41, 5.74) is 10.0. The topological polar surface area (TPSA) is 50.9 Å². The van der Waals surface area contributed by atoms with Gasteiger partial charge in [-0.05, 0) is 36.2 Å². The predicted octanol–water partition coefficient (Wildman–Crippen LogP) is 2.58. The summed E-state index contributed by atoms with van der Waals surface area (Å²) in [6, 6.07) is 9.78. The molecule has 0 aliphatic heterocycles. The Morgan fingerprint density at radius 2 is 2.06 bits per heavy atom. The van der Waals surface area contributed by atoms with E-state index in [9.17, 15) is 0 Å². The van der Waals surface area contributed by atoms with E-state index in [1.165, 1.54) is 11.1 Å². The highest BCUT2D eigenvalue weighted by Gasteiger charge is 1.99. The quantitative estimate of drug-likeness (QED) is 0.770. The standard InChI is InChI=1S/C13H15N3/c1-10-8-15-7-6-11(10)9-16-13-5-3-2-4-12(13)14/h2-8,16H,9,14H2,1H3. The minimum Gasteiger partial charge on any atom is -0.397 e. The SMILES string of the molecule is Cc1cnccc1CNc1ccccc1N. The van der Waals surface area contributed by atoms with Crippen LogP contribution in [0.4, 0.5) is 11.4 Å². The molecule has 0 saturated heterocycles. The maximum absolute atomic E-state index is 5.85. The Bertz CT molecular complexity index is 435. The lowest BCUT2D eigenvalue weighted by molar-refractivity contribution is 1.09. The van der Waals surface area contributed by atoms with Gasteiger partial charge in [0.25, 0.3) is 0 Å². The van der Waals surface area contributed by atoms with Crippen LogP contribution < -0.4 is 11.1 Å². The molecule has 2 aromatic rings. The Balaban J connectivity index is 2.09. The summed E-state index contributed by atoms with van der Waals surface area (Å²) in [6.07, 6.45) is 3.67. The molecule has 0 radical (unpaired) electrons. The lowest BCUT2D eigenvalue weighted by Gasteiger charge is -2.10. The molecule has 3 N–H and O–H groups in total. The minimum absolute atomic E-state index is 0.766. The molecule has 0 aliphatic rings. The zero-order chi connectivity index (χ0) is 11.4. The molecule has 3 nitrogen and oxygen atoms in total. The van der Waals surface area contributed by atoms with E-state index >= 15 is 0 Å². The van der Waals surface area contributed by atoms with Crippen molar-refractivity contribution in [2.75, 3.05) is 11.1 Å². The smallest absolute Gasteiger partial charge is 0.0576 e. The summed E-state index contributed by atoms with van der Waals surface area (Å²) in [7, 11) is 0. The second-order valence-corrected chi connectivity index (χ2v) is 3.74. The van der Waals surface area contributed by atoms with Gasteiger partial charge in [-0.3, -0.25) is 4.98 Å². The number of hydrogen-bond acceptors (Lipinski definition) is 3. The molecule has 0 bridgehead atoms. The second-order valence-electron chi connectivity index (χ2n) is 3.74. The van der Waals surface area contributed by atoms with E-state index in [0.29, 0.717) is 0 Å². The normalized spacial score (nSPS) is 10.1. The van der Waals surface area contributed by atoms with E-state index in [1.807, 2.05) is 36.5 Å². The van der Waals surface area contributed by atoms with Crippen molar-refractivity contribution in [3.63, 3.8) is 0 Å².